The van der Waals surface area contributed by atoms with E-state index in [2.05, 4.69) is 15.5 Å². The summed E-state index contributed by atoms with van der Waals surface area (Å²) < 4.78 is 12.0. The molecule has 2 N–H and O–H groups in total. The van der Waals surface area contributed by atoms with Gasteiger partial charge in [0.25, 0.3) is 0 Å². The van der Waals surface area contributed by atoms with Gasteiger partial charge in [-0.2, -0.15) is 0 Å². The number of hydrogen-bond donors (Lipinski definition) is 2. The average molecular weight is 362 g/mol. The largest absolute Gasteiger partial charge is 0.378 e. The van der Waals surface area contributed by atoms with Gasteiger partial charge in [0, 0.05) is 25.3 Å². The fourth-order valence-corrected chi connectivity index (χ4v) is 4.18. The average Bonchev–Trinajstić information content (AvgIpc) is 3.06. The van der Waals surface area contributed by atoms with Gasteiger partial charge in [0.05, 0.1) is 36.1 Å². The molecule has 0 spiro atoms. The van der Waals surface area contributed by atoms with Gasteiger partial charge in [0.15, 0.2) is 5.13 Å². The molecule has 0 radical (unpaired) electrons. The van der Waals surface area contributed by atoms with Gasteiger partial charge in [0.1, 0.15) is 6.04 Å². The minimum atomic E-state index is -0.324. The number of hydrogen-bond acceptors (Lipinski definition) is 7. The number of morpholine rings is 2. The third kappa shape index (κ3) is 3.62. The Balaban J connectivity index is 1.49. The van der Waals surface area contributed by atoms with Crippen LogP contribution in [0.5, 0.6) is 0 Å². The Hall–Kier alpha value is -1.74. The molecule has 1 amide bonds. The van der Waals surface area contributed by atoms with E-state index in [-0.39, 0.29) is 18.1 Å². The molecule has 2 atom stereocenters. The van der Waals surface area contributed by atoms with Gasteiger partial charge in [-0.1, -0.05) is 11.3 Å². The van der Waals surface area contributed by atoms with Gasteiger partial charge in [-0.15, -0.1) is 0 Å². The molecule has 7 nitrogen and oxygen atoms in total. The van der Waals surface area contributed by atoms with Crippen molar-refractivity contribution in [2.75, 3.05) is 49.7 Å². The summed E-state index contributed by atoms with van der Waals surface area (Å²) in [6, 6.07) is 5.52. The number of ether oxygens (including phenoxy) is 2. The number of nitrogens with zero attached hydrogens (tertiary/aromatic N) is 2. The van der Waals surface area contributed by atoms with Crippen molar-refractivity contribution in [1.82, 2.24) is 10.3 Å². The molecule has 1 aromatic heterocycles. The van der Waals surface area contributed by atoms with E-state index in [1.807, 2.05) is 25.1 Å². The van der Waals surface area contributed by atoms with Crippen LogP contribution in [0.15, 0.2) is 18.2 Å². The summed E-state index contributed by atoms with van der Waals surface area (Å²) in [4.78, 5) is 19.4. The van der Waals surface area contributed by atoms with Crippen molar-refractivity contribution in [3.63, 3.8) is 0 Å². The Labute approximate surface area is 150 Å². The molecule has 134 valence electrons. The van der Waals surface area contributed by atoms with Crippen LogP contribution in [0.25, 0.3) is 10.2 Å². The fraction of sp³-hybridized carbons (Fsp3) is 0.529. The normalized spacial score (nSPS) is 24.4. The lowest BCUT2D eigenvalue weighted by atomic mass is 10.1. The van der Waals surface area contributed by atoms with Crippen LogP contribution < -0.4 is 15.5 Å². The Morgan fingerprint density at radius 1 is 1.36 bits per heavy atom. The van der Waals surface area contributed by atoms with Crippen LogP contribution in [0.1, 0.15) is 6.92 Å². The van der Waals surface area contributed by atoms with E-state index in [1.165, 1.54) is 0 Å². The van der Waals surface area contributed by atoms with Gasteiger partial charge in [-0.05, 0) is 25.1 Å². The molecular weight excluding hydrogens is 340 g/mol. The zero-order chi connectivity index (χ0) is 17.2. The van der Waals surface area contributed by atoms with Crippen LogP contribution in [-0.4, -0.2) is 62.5 Å². The topological polar surface area (TPSA) is 75.7 Å². The van der Waals surface area contributed by atoms with Gasteiger partial charge >= 0.3 is 0 Å². The number of benzene rings is 1. The van der Waals surface area contributed by atoms with Crippen molar-refractivity contribution in [2.24, 2.45) is 0 Å². The predicted octanol–water partition coefficient (Wildman–Crippen LogP) is 1.45. The van der Waals surface area contributed by atoms with Crippen molar-refractivity contribution in [2.45, 2.75) is 19.1 Å². The standard InChI is InChI=1S/C17H22N4O3S/c1-11-15(18-4-7-24-11)16(22)19-12-2-3-13-14(10-12)25-17(20-13)21-5-8-23-9-6-21/h2-3,10-11,15,18H,4-9H2,1H3,(H,19,22)/t11-,15+/m1/s1. The predicted molar refractivity (Wildman–Crippen MR) is 98.5 cm³/mol. The van der Waals surface area contributed by atoms with Crippen molar-refractivity contribution in [3.05, 3.63) is 18.2 Å². The number of carbonyl (C=O) groups excluding carboxylic acids is 1. The molecule has 1 aromatic carbocycles. The van der Waals surface area contributed by atoms with Crippen molar-refractivity contribution < 1.29 is 14.3 Å². The van der Waals surface area contributed by atoms with Crippen LogP contribution in [-0.2, 0) is 14.3 Å². The van der Waals surface area contributed by atoms with Gasteiger partial charge in [0.2, 0.25) is 5.91 Å². The zero-order valence-electron chi connectivity index (χ0n) is 14.2. The number of thiazole rings is 1. The number of nitrogens with one attached hydrogen (secondary N) is 2. The Bertz CT molecular complexity index is 759. The second-order valence-corrected chi connectivity index (χ2v) is 7.28. The monoisotopic (exact) mass is 362 g/mol. The van der Waals surface area contributed by atoms with Gasteiger partial charge in [-0.25, -0.2) is 4.98 Å². The van der Waals surface area contributed by atoms with Gasteiger partial charge in [-0.3, -0.25) is 4.79 Å². The first-order valence-corrected chi connectivity index (χ1v) is 9.41. The number of amides is 1. The van der Waals surface area contributed by atoms with Crippen LogP contribution >= 0.6 is 11.3 Å². The number of rotatable bonds is 3. The number of carbonyl (C=O) groups is 1. The highest BCUT2D eigenvalue weighted by molar-refractivity contribution is 7.22. The van der Waals surface area contributed by atoms with Crippen molar-refractivity contribution in [3.8, 4) is 0 Å². The molecule has 4 rings (SSSR count). The quantitative estimate of drug-likeness (QED) is 0.861. The Kier molecular flexibility index (Phi) is 4.85. The highest BCUT2D eigenvalue weighted by Crippen LogP contribution is 2.31. The molecule has 0 aliphatic carbocycles. The molecule has 2 aromatic rings. The molecule has 2 aliphatic rings. The number of fused-ring (bicyclic) bond motifs is 1. The molecule has 2 saturated heterocycles. The summed E-state index contributed by atoms with van der Waals surface area (Å²) in [6.07, 6.45) is -0.131. The molecule has 2 fully saturated rings. The lowest BCUT2D eigenvalue weighted by Gasteiger charge is -2.29. The van der Waals surface area contributed by atoms with Crippen molar-refractivity contribution >= 4 is 38.3 Å². The molecule has 8 heteroatoms. The summed E-state index contributed by atoms with van der Waals surface area (Å²) in [5, 5.41) is 7.21. The second kappa shape index (κ2) is 7.25. The Morgan fingerprint density at radius 2 is 2.20 bits per heavy atom. The van der Waals surface area contributed by atoms with Crippen LogP contribution in [0.4, 0.5) is 10.8 Å². The summed E-state index contributed by atoms with van der Waals surface area (Å²) in [7, 11) is 0. The first-order valence-electron chi connectivity index (χ1n) is 8.60. The van der Waals surface area contributed by atoms with Crippen LogP contribution in [0, 0.1) is 0 Å². The highest BCUT2D eigenvalue weighted by atomic mass is 32.1. The third-order valence-electron chi connectivity index (χ3n) is 4.53. The van der Waals surface area contributed by atoms with E-state index in [0.717, 1.165) is 47.3 Å². The first kappa shape index (κ1) is 16.7. The first-order chi connectivity index (χ1) is 12.2. The molecule has 0 saturated carbocycles. The third-order valence-corrected chi connectivity index (χ3v) is 5.60. The summed E-state index contributed by atoms with van der Waals surface area (Å²) >= 11 is 1.65. The lowest BCUT2D eigenvalue weighted by Crippen LogP contribution is -2.53. The highest BCUT2D eigenvalue weighted by Gasteiger charge is 2.28. The molecule has 0 unspecified atom stereocenters. The summed E-state index contributed by atoms with van der Waals surface area (Å²) in [5.41, 5.74) is 1.74. The maximum absolute atomic E-state index is 12.5. The maximum atomic E-state index is 12.5. The van der Waals surface area contributed by atoms with Crippen LogP contribution in [0.2, 0.25) is 0 Å². The van der Waals surface area contributed by atoms with E-state index < -0.39 is 0 Å². The fourth-order valence-electron chi connectivity index (χ4n) is 3.13. The van der Waals surface area contributed by atoms with E-state index in [9.17, 15) is 4.79 Å². The van der Waals surface area contributed by atoms with Crippen LogP contribution in [0.3, 0.4) is 0 Å². The molecule has 0 bridgehead atoms. The van der Waals surface area contributed by atoms with Gasteiger partial charge < -0.3 is 25.0 Å². The Morgan fingerprint density at radius 3 is 3.00 bits per heavy atom. The molecule has 25 heavy (non-hydrogen) atoms. The molecule has 3 heterocycles. The molecular formula is C17H22N4O3S. The summed E-state index contributed by atoms with van der Waals surface area (Å²) in [5.74, 6) is -0.0653. The second-order valence-electron chi connectivity index (χ2n) is 6.28. The van der Waals surface area contributed by atoms with E-state index in [0.29, 0.717) is 13.2 Å². The smallest absolute Gasteiger partial charge is 0.244 e. The number of anilines is 2. The maximum Gasteiger partial charge on any atom is 0.244 e. The lowest BCUT2D eigenvalue weighted by molar-refractivity contribution is -0.123. The SMILES string of the molecule is C[C@H]1OCCN[C@@H]1C(=O)Nc1ccc2nc(N3CCOCC3)sc2c1. The molecule has 2 aliphatic heterocycles. The zero-order valence-corrected chi connectivity index (χ0v) is 15.0. The van der Waals surface area contributed by atoms with E-state index >= 15 is 0 Å². The van der Waals surface area contributed by atoms with Crippen molar-refractivity contribution in [1.29, 1.82) is 0 Å². The summed E-state index contributed by atoms with van der Waals surface area (Å²) in [6.45, 7) is 6.47. The number of aromatic nitrogens is 1. The van der Waals surface area contributed by atoms with E-state index in [1.54, 1.807) is 11.3 Å². The minimum Gasteiger partial charge on any atom is -0.378 e. The van der Waals surface area contributed by atoms with E-state index in [4.69, 9.17) is 14.5 Å². The minimum absolute atomic E-state index is 0.0653.